The molecule has 0 aliphatic heterocycles. The van der Waals surface area contributed by atoms with E-state index < -0.39 is 0 Å². The van der Waals surface area contributed by atoms with Crippen molar-refractivity contribution in [3.63, 3.8) is 0 Å². The van der Waals surface area contributed by atoms with Crippen LogP contribution >= 0.6 is 0 Å². The second kappa shape index (κ2) is 9.70. The van der Waals surface area contributed by atoms with Crippen molar-refractivity contribution in [3.05, 3.63) is 60.8 Å². The molecular weight excluding hydrogens is 144 g/mol. The molecule has 0 spiro atoms. The van der Waals surface area contributed by atoms with E-state index >= 15 is 0 Å². The zero-order valence-corrected chi connectivity index (χ0v) is 7.77. The van der Waals surface area contributed by atoms with Crippen LogP contribution in [0.3, 0.4) is 0 Å². The van der Waals surface area contributed by atoms with Crippen molar-refractivity contribution < 1.29 is 0 Å². The summed E-state index contributed by atoms with van der Waals surface area (Å²) in [6.07, 6.45) is 20.0. The van der Waals surface area contributed by atoms with Crippen LogP contribution in [0.4, 0.5) is 0 Å². The highest BCUT2D eigenvalue weighted by atomic mass is 13.7. The number of hydrogen-bond donors (Lipinski definition) is 0. The smallest absolute Gasteiger partial charge is 0.0467 e. The van der Waals surface area contributed by atoms with Gasteiger partial charge in [0.25, 0.3) is 0 Å². The van der Waals surface area contributed by atoms with Crippen LogP contribution in [0.15, 0.2) is 60.8 Å². The highest BCUT2D eigenvalue weighted by molar-refractivity contribution is 5.17. The molecule has 0 N–H and O–H groups in total. The van der Waals surface area contributed by atoms with Crippen molar-refractivity contribution in [2.45, 2.75) is 13.8 Å². The van der Waals surface area contributed by atoms with Gasteiger partial charge in [-0.3, -0.25) is 0 Å². The van der Waals surface area contributed by atoms with Crippen LogP contribution in [0.1, 0.15) is 13.8 Å². The summed E-state index contributed by atoms with van der Waals surface area (Å²) >= 11 is 0. The van der Waals surface area contributed by atoms with Crippen LogP contribution in [0, 0.1) is 0 Å². The lowest BCUT2D eigenvalue weighted by atomic mass is 10.4. The Bertz CT molecular complexity index is 188. The van der Waals surface area contributed by atoms with Gasteiger partial charge < -0.3 is 0 Å². The van der Waals surface area contributed by atoms with Gasteiger partial charge in [-0.1, -0.05) is 60.8 Å². The Kier molecular flexibility index (Phi) is 8.65. The molecule has 0 rings (SSSR count). The third-order valence-corrected chi connectivity index (χ3v) is 1.16. The molecule has 0 atom stereocenters. The number of rotatable bonds is 4. The van der Waals surface area contributed by atoms with Crippen molar-refractivity contribution in [3.8, 4) is 0 Å². The van der Waals surface area contributed by atoms with E-state index in [9.17, 15) is 0 Å². The SMILES string of the molecule is CC=CC=CC=CC=CC=CC. The van der Waals surface area contributed by atoms with Crippen molar-refractivity contribution in [2.24, 2.45) is 0 Å². The van der Waals surface area contributed by atoms with Gasteiger partial charge in [-0.15, -0.1) is 0 Å². The largest absolute Gasteiger partial charge is 0.0877 e. The van der Waals surface area contributed by atoms with Crippen LogP contribution in [-0.2, 0) is 0 Å². The van der Waals surface area contributed by atoms with Crippen LogP contribution in [0.25, 0.3) is 0 Å². The van der Waals surface area contributed by atoms with Gasteiger partial charge in [0.1, 0.15) is 0 Å². The molecule has 0 saturated carbocycles. The summed E-state index contributed by atoms with van der Waals surface area (Å²) in [7, 11) is 0. The van der Waals surface area contributed by atoms with E-state index in [-0.39, 0.29) is 0 Å². The van der Waals surface area contributed by atoms with Gasteiger partial charge in [-0.2, -0.15) is 0 Å². The van der Waals surface area contributed by atoms with Crippen molar-refractivity contribution in [1.82, 2.24) is 0 Å². The highest BCUT2D eigenvalue weighted by Crippen LogP contribution is 1.82. The average molecular weight is 160 g/mol. The van der Waals surface area contributed by atoms with E-state index in [1.807, 2.05) is 74.6 Å². The average Bonchev–Trinajstić information content (AvgIpc) is 2.10. The predicted octanol–water partition coefficient (Wildman–Crippen LogP) is 3.81. The molecule has 0 amide bonds. The maximum absolute atomic E-state index is 2.00. The van der Waals surface area contributed by atoms with Gasteiger partial charge in [-0.05, 0) is 13.8 Å². The molecule has 0 unspecified atom stereocenters. The lowest BCUT2D eigenvalue weighted by Crippen LogP contribution is -1.50. The van der Waals surface area contributed by atoms with Gasteiger partial charge >= 0.3 is 0 Å². The summed E-state index contributed by atoms with van der Waals surface area (Å²) in [5.74, 6) is 0. The van der Waals surface area contributed by atoms with Gasteiger partial charge in [0, 0.05) is 0 Å². The zero-order chi connectivity index (χ0) is 9.07. The Balaban J connectivity index is 3.62. The van der Waals surface area contributed by atoms with E-state index in [0.717, 1.165) is 0 Å². The highest BCUT2D eigenvalue weighted by Gasteiger charge is 1.60. The lowest BCUT2D eigenvalue weighted by Gasteiger charge is -1.72. The third kappa shape index (κ3) is 8.70. The van der Waals surface area contributed by atoms with Gasteiger partial charge in [-0.25, -0.2) is 0 Å². The van der Waals surface area contributed by atoms with Crippen molar-refractivity contribution in [1.29, 1.82) is 0 Å². The van der Waals surface area contributed by atoms with E-state index in [1.54, 1.807) is 0 Å². The van der Waals surface area contributed by atoms with Crippen molar-refractivity contribution in [2.75, 3.05) is 0 Å². The lowest BCUT2D eigenvalue weighted by molar-refractivity contribution is 1.72. The molecule has 0 nitrogen and oxygen atoms in total. The van der Waals surface area contributed by atoms with E-state index in [4.69, 9.17) is 0 Å². The molecule has 0 aromatic rings. The minimum absolute atomic E-state index is 2.00. The molecule has 0 heterocycles. The Morgan fingerprint density at radius 3 is 0.917 bits per heavy atom. The minimum Gasteiger partial charge on any atom is -0.0877 e. The predicted molar refractivity (Wildman–Crippen MR) is 57.0 cm³/mol. The molecule has 0 bridgehead atoms. The molecule has 64 valence electrons. The maximum Gasteiger partial charge on any atom is -0.0467 e. The fourth-order valence-electron chi connectivity index (χ4n) is 0.607. The molecule has 0 aromatic carbocycles. The zero-order valence-electron chi connectivity index (χ0n) is 7.77. The fourth-order valence-corrected chi connectivity index (χ4v) is 0.607. The summed E-state index contributed by atoms with van der Waals surface area (Å²) in [6.45, 7) is 4.00. The molecule has 0 aliphatic rings. The monoisotopic (exact) mass is 160 g/mol. The summed E-state index contributed by atoms with van der Waals surface area (Å²) in [5.41, 5.74) is 0. The summed E-state index contributed by atoms with van der Waals surface area (Å²) < 4.78 is 0. The topological polar surface area (TPSA) is 0 Å². The Hall–Kier alpha value is -1.30. The van der Waals surface area contributed by atoms with Crippen LogP contribution < -0.4 is 0 Å². The standard InChI is InChI=1S/C12H16/c1-3-5-7-9-11-12-10-8-6-4-2/h3-12H,1-2H3. The molecular formula is C12H16. The first-order valence-electron chi connectivity index (χ1n) is 4.15. The molecule has 0 radical (unpaired) electrons. The third-order valence-electron chi connectivity index (χ3n) is 1.16. The minimum atomic E-state index is 2.00. The normalized spacial score (nSPS) is 13.8. The van der Waals surface area contributed by atoms with Crippen molar-refractivity contribution >= 4 is 0 Å². The second-order valence-electron chi connectivity index (χ2n) is 2.21. The molecule has 0 fully saturated rings. The number of allylic oxidation sites excluding steroid dienone is 10. The quantitative estimate of drug-likeness (QED) is 0.549. The first-order chi connectivity index (χ1) is 5.91. The van der Waals surface area contributed by atoms with E-state index in [2.05, 4.69) is 0 Å². The molecule has 0 aliphatic carbocycles. The Morgan fingerprint density at radius 1 is 0.417 bits per heavy atom. The first-order valence-corrected chi connectivity index (χ1v) is 4.15. The molecule has 0 saturated heterocycles. The second-order valence-corrected chi connectivity index (χ2v) is 2.21. The van der Waals surface area contributed by atoms with Gasteiger partial charge in [0.05, 0.1) is 0 Å². The van der Waals surface area contributed by atoms with Gasteiger partial charge in [0.15, 0.2) is 0 Å². The fraction of sp³-hybridized carbons (Fsp3) is 0.167. The van der Waals surface area contributed by atoms with Crippen LogP contribution in [-0.4, -0.2) is 0 Å². The molecule has 12 heavy (non-hydrogen) atoms. The molecule has 0 heteroatoms. The summed E-state index contributed by atoms with van der Waals surface area (Å²) in [5, 5.41) is 0. The van der Waals surface area contributed by atoms with Crippen LogP contribution in [0.5, 0.6) is 0 Å². The molecule has 0 aromatic heterocycles. The Labute approximate surface area is 75.3 Å². The number of hydrogen-bond acceptors (Lipinski definition) is 0. The maximum atomic E-state index is 2.00. The Morgan fingerprint density at radius 2 is 0.667 bits per heavy atom. The van der Waals surface area contributed by atoms with Gasteiger partial charge in [0.2, 0.25) is 0 Å². The van der Waals surface area contributed by atoms with Crippen LogP contribution in [0.2, 0.25) is 0 Å². The summed E-state index contributed by atoms with van der Waals surface area (Å²) in [6, 6.07) is 0. The summed E-state index contributed by atoms with van der Waals surface area (Å²) in [4.78, 5) is 0. The first kappa shape index (κ1) is 10.7. The van der Waals surface area contributed by atoms with E-state index in [0.29, 0.717) is 0 Å². The van der Waals surface area contributed by atoms with E-state index in [1.165, 1.54) is 0 Å².